The normalized spacial score (nSPS) is 11.0. The minimum Gasteiger partial charge on any atom is -0.354 e. The molecule has 4 rings (SSSR count). The molecular weight excluding hydrogens is 268 g/mol. The van der Waals surface area contributed by atoms with Gasteiger partial charge in [-0.05, 0) is 36.6 Å². The molecule has 1 aromatic heterocycles. The summed E-state index contributed by atoms with van der Waals surface area (Å²) < 4.78 is 0. The van der Waals surface area contributed by atoms with Crippen LogP contribution in [0.5, 0.6) is 0 Å². The van der Waals surface area contributed by atoms with Gasteiger partial charge in [0, 0.05) is 28.3 Å². The molecule has 0 aliphatic carbocycles. The van der Waals surface area contributed by atoms with Crippen molar-refractivity contribution in [2.45, 2.75) is 6.92 Å². The van der Waals surface area contributed by atoms with Gasteiger partial charge in [-0.25, -0.2) is 0 Å². The fourth-order valence-electron chi connectivity index (χ4n) is 2.85. The highest BCUT2D eigenvalue weighted by Gasteiger charge is 2.05. The van der Waals surface area contributed by atoms with Gasteiger partial charge >= 0.3 is 0 Å². The van der Waals surface area contributed by atoms with E-state index < -0.39 is 0 Å². The van der Waals surface area contributed by atoms with Crippen LogP contribution in [0.4, 0.5) is 11.4 Å². The highest BCUT2D eigenvalue weighted by atomic mass is 14.9. The lowest BCUT2D eigenvalue weighted by Gasteiger charge is -2.12. The van der Waals surface area contributed by atoms with Gasteiger partial charge in [0.1, 0.15) is 0 Å². The van der Waals surface area contributed by atoms with E-state index >= 15 is 0 Å². The molecule has 0 spiro atoms. The van der Waals surface area contributed by atoms with E-state index in [4.69, 9.17) is 0 Å². The Morgan fingerprint density at radius 3 is 2.55 bits per heavy atom. The zero-order chi connectivity index (χ0) is 14.9. The van der Waals surface area contributed by atoms with E-state index in [0.717, 1.165) is 22.3 Å². The fourth-order valence-corrected chi connectivity index (χ4v) is 2.85. The van der Waals surface area contributed by atoms with E-state index in [1.807, 2.05) is 12.3 Å². The maximum atomic E-state index is 4.45. The molecule has 0 unspecified atom stereocenters. The summed E-state index contributed by atoms with van der Waals surface area (Å²) in [5.74, 6) is 0. The average Bonchev–Trinajstić information content (AvgIpc) is 2.56. The van der Waals surface area contributed by atoms with Gasteiger partial charge in [-0.2, -0.15) is 0 Å². The zero-order valence-corrected chi connectivity index (χ0v) is 12.4. The van der Waals surface area contributed by atoms with E-state index in [9.17, 15) is 0 Å². The molecule has 0 aliphatic rings. The molecule has 2 nitrogen and oxygen atoms in total. The first kappa shape index (κ1) is 12.8. The monoisotopic (exact) mass is 284 g/mol. The Balaban J connectivity index is 1.88. The first-order chi connectivity index (χ1) is 10.8. The van der Waals surface area contributed by atoms with Crippen LogP contribution in [0.2, 0.25) is 0 Å². The van der Waals surface area contributed by atoms with Crippen molar-refractivity contribution >= 4 is 33.1 Å². The van der Waals surface area contributed by atoms with Gasteiger partial charge < -0.3 is 5.32 Å². The molecule has 0 aliphatic heterocycles. The molecule has 0 atom stereocenters. The van der Waals surface area contributed by atoms with Crippen LogP contribution in [0.15, 0.2) is 72.9 Å². The molecule has 0 saturated heterocycles. The lowest BCUT2D eigenvalue weighted by atomic mass is 10.1. The number of aryl methyl sites for hydroxylation is 1. The van der Waals surface area contributed by atoms with Crippen molar-refractivity contribution in [1.82, 2.24) is 4.98 Å². The number of benzene rings is 3. The van der Waals surface area contributed by atoms with Gasteiger partial charge in [-0.15, -0.1) is 0 Å². The maximum Gasteiger partial charge on any atom is 0.0723 e. The number of nitrogens with one attached hydrogen (secondary N) is 1. The average molecular weight is 284 g/mol. The molecule has 0 radical (unpaired) electrons. The second kappa shape index (κ2) is 5.15. The highest BCUT2D eigenvalue weighted by molar-refractivity contribution is 5.99. The zero-order valence-electron chi connectivity index (χ0n) is 12.4. The molecule has 0 bridgehead atoms. The number of nitrogens with zero attached hydrogens (tertiary/aromatic N) is 1. The number of fused-ring (bicyclic) bond motifs is 2. The number of anilines is 2. The van der Waals surface area contributed by atoms with Crippen LogP contribution in [0.3, 0.4) is 0 Å². The Hall–Kier alpha value is -2.87. The summed E-state index contributed by atoms with van der Waals surface area (Å²) in [6, 6.07) is 23.1. The van der Waals surface area contributed by atoms with Crippen molar-refractivity contribution in [2.24, 2.45) is 0 Å². The van der Waals surface area contributed by atoms with Crippen molar-refractivity contribution in [3.63, 3.8) is 0 Å². The number of aromatic nitrogens is 1. The van der Waals surface area contributed by atoms with Gasteiger partial charge in [0.2, 0.25) is 0 Å². The Kier molecular flexibility index (Phi) is 3.01. The summed E-state index contributed by atoms with van der Waals surface area (Å²) >= 11 is 0. The topological polar surface area (TPSA) is 24.9 Å². The summed E-state index contributed by atoms with van der Waals surface area (Å²) in [6.45, 7) is 2.11. The first-order valence-corrected chi connectivity index (χ1v) is 7.41. The van der Waals surface area contributed by atoms with E-state index in [1.54, 1.807) is 0 Å². The number of rotatable bonds is 2. The molecular formula is C20H16N2. The molecule has 0 saturated carbocycles. The Labute approximate surface area is 129 Å². The molecule has 1 N–H and O–H groups in total. The van der Waals surface area contributed by atoms with E-state index in [0.29, 0.717) is 0 Å². The van der Waals surface area contributed by atoms with E-state index in [2.05, 4.69) is 77.9 Å². The molecule has 2 heteroatoms. The van der Waals surface area contributed by atoms with Gasteiger partial charge in [-0.3, -0.25) is 4.98 Å². The summed E-state index contributed by atoms with van der Waals surface area (Å²) in [5, 5.41) is 7.19. The molecule has 0 amide bonds. The molecule has 4 aromatic rings. The van der Waals surface area contributed by atoms with Crippen LogP contribution in [-0.2, 0) is 0 Å². The fraction of sp³-hybridized carbons (Fsp3) is 0.0500. The lowest BCUT2D eigenvalue weighted by molar-refractivity contribution is 1.39. The first-order valence-electron chi connectivity index (χ1n) is 7.41. The smallest absolute Gasteiger partial charge is 0.0723 e. The lowest BCUT2D eigenvalue weighted by Crippen LogP contribution is -1.94. The maximum absolute atomic E-state index is 4.45. The summed E-state index contributed by atoms with van der Waals surface area (Å²) in [5.41, 5.74) is 4.45. The standard InChI is InChI=1S/C20H16N2/c1-14-9-10-18-17(13-14)20(11-12-21-18)22-19-8-4-6-15-5-2-3-7-16(15)19/h2-13H,1H3,(H,21,22). The molecule has 106 valence electrons. The van der Waals surface area contributed by atoms with Gasteiger partial charge in [0.15, 0.2) is 0 Å². The van der Waals surface area contributed by atoms with Gasteiger partial charge in [0.25, 0.3) is 0 Å². The third-order valence-electron chi connectivity index (χ3n) is 3.96. The third kappa shape index (κ3) is 2.19. The van der Waals surface area contributed by atoms with Gasteiger partial charge in [-0.1, -0.05) is 48.0 Å². The quantitative estimate of drug-likeness (QED) is 0.530. The number of hydrogen-bond acceptors (Lipinski definition) is 2. The number of pyridine rings is 1. The summed E-state index contributed by atoms with van der Waals surface area (Å²) in [6.07, 6.45) is 1.85. The summed E-state index contributed by atoms with van der Waals surface area (Å²) in [7, 11) is 0. The SMILES string of the molecule is Cc1ccc2nccc(Nc3cccc4ccccc34)c2c1. The van der Waals surface area contributed by atoms with Crippen LogP contribution in [0.1, 0.15) is 5.56 Å². The van der Waals surface area contributed by atoms with Gasteiger partial charge in [0.05, 0.1) is 5.52 Å². The molecule has 1 heterocycles. The van der Waals surface area contributed by atoms with Crippen molar-refractivity contribution in [1.29, 1.82) is 0 Å². The van der Waals surface area contributed by atoms with Crippen LogP contribution in [0, 0.1) is 6.92 Å². The Morgan fingerprint density at radius 1 is 0.773 bits per heavy atom. The van der Waals surface area contributed by atoms with Crippen molar-refractivity contribution < 1.29 is 0 Å². The van der Waals surface area contributed by atoms with Crippen LogP contribution >= 0.6 is 0 Å². The second-order valence-electron chi connectivity index (χ2n) is 5.53. The second-order valence-corrected chi connectivity index (χ2v) is 5.53. The minimum absolute atomic E-state index is 1.01. The Bertz CT molecular complexity index is 968. The van der Waals surface area contributed by atoms with Crippen molar-refractivity contribution in [3.8, 4) is 0 Å². The van der Waals surface area contributed by atoms with Crippen molar-refractivity contribution in [3.05, 3.63) is 78.5 Å². The third-order valence-corrected chi connectivity index (χ3v) is 3.96. The highest BCUT2D eigenvalue weighted by Crippen LogP contribution is 2.30. The van der Waals surface area contributed by atoms with Crippen LogP contribution in [0.25, 0.3) is 21.7 Å². The minimum atomic E-state index is 1.01. The van der Waals surface area contributed by atoms with E-state index in [-0.39, 0.29) is 0 Å². The molecule has 3 aromatic carbocycles. The Morgan fingerprint density at radius 2 is 1.59 bits per heavy atom. The molecule has 22 heavy (non-hydrogen) atoms. The number of hydrogen-bond donors (Lipinski definition) is 1. The van der Waals surface area contributed by atoms with E-state index in [1.165, 1.54) is 16.3 Å². The van der Waals surface area contributed by atoms with Crippen molar-refractivity contribution in [2.75, 3.05) is 5.32 Å². The van der Waals surface area contributed by atoms with Crippen LogP contribution in [-0.4, -0.2) is 4.98 Å². The largest absolute Gasteiger partial charge is 0.354 e. The predicted octanol–water partition coefficient (Wildman–Crippen LogP) is 5.44. The summed E-state index contributed by atoms with van der Waals surface area (Å²) in [4.78, 5) is 4.45. The predicted molar refractivity (Wildman–Crippen MR) is 93.7 cm³/mol. The molecule has 0 fully saturated rings. The van der Waals surface area contributed by atoms with Crippen LogP contribution < -0.4 is 5.32 Å².